The van der Waals surface area contributed by atoms with Crippen LogP contribution >= 0.6 is 0 Å². The molecular formula is C21H28N2O4S. The van der Waals surface area contributed by atoms with Crippen LogP contribution in [0.15, 0.2) is 59.5 Å². The van der Waals surface area contributed by atoms with Crippen LogP contribution in [0.2, 0.25) is 0 Å². The first-order chi connectivity index (χ1) is 13.3. The number of benzene rings is 2. The van der Waals surface area contributed by atoms with Gasteiger partial charge in [0.1, 0.15) is 5.75 Å². The van der Waals surface area contributed by atoms with E-state index >= 15 is 0 Å². The maximum Gasteiger partial charge on any atom is 0.264 e. The molecule has 2 aromatic carbocycles. The van der Waals surface area contributed by atoms with Gasteiger partial charge in [-0.05, 0) is 55.7 Å². The summed E-state index contributed by atoms with van der Waals surface area (Å²) in [5, 5.41) is 2.79. The standard InChI is InChI=1S/C21H28N2O4S/c1-4-23(18-8-6-5-7-9-18)28(25,26)20-12-10-19(11-13-20)27-16-21(24)22-15-14-17(2)3/h5-13,17H,4,14-16H2,1-3H3,(H,22,24). The van der Waals surface area contributed by atoms with E-state index in [0.29, 0.717) is 30.4 Å². The van der Waals surface area contributed by atoms with Crippen molar-refractivity contribution >= 4 is 21.6 Å². The van der Waals surface area contributed by atoms with Crippen LogP contribution in [0.25, 0.3) is 0 Å². The van der Waals surface area contributed by atoms with E-state index in [2.05, 4.69) is 19.2 Å². The van der Waals surface area contributed by atoms with Gasteiger partial charge in [-0.25, -0.2) is 8.42 Å². The number of amides is 1. The van der Waals surface area contributed by atoms with E-state index in [-0.39, 0.29) is 17.4 Å². The second kappa shape index (κ2) is 10.1. The van der Waals surface area contributed by atoms with Crippen LogP contribution < -0.4 is 14.4 Å². The second-order valence-electron chi connectivity index (χ2n) is 6.80. The van der Waals surface area contributed by atoms with E-state index in [0.717, 1.165) is 6.42 Å². The van der Waals surface area contributed by atoms with Gasteiger partial charge in [-0.2, -0.15) is 0 Å². The van der Waals surface area contributed by atoms with Gasteiger partial charge in [0.25, 0.3) is 15.9 Å². The van der Waals surface area contributed by atoms with Crippen molar-refractivity contribution in [2.75, 3.05) is 24.0 Å². The summed E-state index contributed by atoms with van der Waals surface area (Å²) in [6.45, 7) is 6.81. The molecule has 0 atom stereocenters. The summed E-state index contributed by atoms with van der Waals surface area (Å²) in [5.41, 5.74) is 0.614. The topological polar surface area (TPSA) is 75.7 Å². The Kier molecular flexibility index (Phi) is 7.87. The predicted octanol–water partition coefficient (Wildman–Crippen LogP) is 3.44. The van der Waals surface area contributed by atoms with Crippen LogP contribution in [0.3, 0.4) is 0 Å². The summed E-state index contributed by atoms with van der Waals surface area (Å²) in [6.07, 6.45) is 0.910. The fraction of sp³-hybridized carbons (Fsp3) is 0.381. The molecule has 0 saturated heterocycles. The van der Waals surface area contributed by atoms with E-state index in [4.69, 9.17) is 4.74 Å². The van der Waals surface area contributed by atoms with Gasteiger partial charge in [-0.15, -0.1) is 0 Å². The van der Waals surface area contributed by atoms with Crippen LogP contribution in [0.4, 0.5) is 5.69 Å². The summed E-state index contributed by atoms with van der Waals surface area (Å²) in [5.74, 6) is 0.772. The Morgan fingerprint density at radius 3 is 2.29 bits per heavy atom. The average Bonchev–Trinajstić information content (AvgIpc) is 2.67. The number of hydrogen-bond donors (Lipinski definition) is 1. The molecule has 0 unspecified atom stereocenters. The highest BCUT2D eigenvalue weighted by Gasteiger charge is 2.23. The highest BCUT2D eigenvalue weighted by molar-refractivity contribution is 7.92. The Morgan fingerprint density at radius 1 is 1.07 bits per heavy atom. The SMILES string of the molecule is CCN(c1ccccc1)S(=O)(=O)c1ccc(OCC(=O)NCCC(C)C)cc1. The van der Waals surface area contributed by atoms with Crippen molar-refractivity contribution < 1.29 is 17.9 Å². The van der Waals surface area contributed by atoms with Gasteiger partial charge >= 0.3 is 0 Å². The predicted molar refractivity (Wildman–Crippen MR) is 111 cm³/mol. The number of carbonyl (C=O) groups is 1. The highest BCUT2D eigenvalue weighted by atomic mass is 32.2. The molecule has 0 aliphatic rings. The summed E-state index contributed by atoms with van der Waals surface area (Å²) < 4.78 is 32.7. The van der Waals surface area contributed by atoms with Crippen molar-refractivity contribution in [3.63, 3.8) is 0 Å². The summed E-state index contributed by atoms with van der Waals surface area (Å²) in [7, 11) is -3.67. The zero-order valence-electron chi connectivity index (χ0n) is 16.6. The van der Waals surface area contributed by atoms with Crippen molar-refractivity contribution in [3.8, 4) is 5.75 Å². The monoisotopic (exact) mass is 404 g/mol. The zero-order chi connectivity index (χ0) is 20.6. The first-order valence-electron chi connectivity index (χ1n) is 9.42. The molecule has 0 aliphatic carbocycles. The van der Waals surface area contributed by atoms with E-state index in [9.17, 15) is 13.2 Å². The molecule has 2 rings (SSSR count). The van der Waals surface area contributed by atoms with Crippen LogP contribution in [0.1, 0.15) is 27.2 Å². The molecule has 1 N–H and O–H groups in total. The first kappa shape index (κ1) is 21.8. The maximum atomic E-state index is 12.9. The Balaban J connectivity index is 2.00. The molecule has 6 nitrogen and oxygen atoms in total. The molecule has 0 heterocycles. The van der Waals surface area contributed by atoms with Crippen LogP contribution in [-0.2, 0) is 14.8 Å². The Hall–Kier alpha value is -2.54. The average molecular weight is 405 g/mol. The van der Waals surface area contributed by atoms with Gasteiger partial charge in [0.15, 0.2) is 6.61 Å². The molecule has 0 aromatic heterocycles. The molecule has 152 valence electrons. The molecule has 0 saturated carbocycles. The number of rotatable bonds is 10. The van der Waals surface area contributed by atoms with Crippen molar-refractivity contribution in [3.05, 3.63) is 54.6 Å². The molecule has 0 fully saturated rings. The van der Waals surface area contributed by atoms with E-state index in [1.165, 1.54) is 16.4 Å². The maximum absolute atomic E-state index is 12.9. The number of sulfonamides is 1. The normalized spacial score (nSPS) is 11.3. The number of nitrogens with zero attached hydrogens (tertiary/aromatic N) is 1. The number of para-hydroxylation sites is 1. The van der Waals surface area contributed by atoms with Gasteiger partial charge in [0.05, 0.1) is 10.6 Å². The number of anilines is 1. The van der Waals surface area contributed by atoms with E-state index in [1.807, 2.05) is 6.07 Å². The molecule has 1 amide bonds. The largest absolute Gasteiger partial charge is 0.484 e. The minimum atomic E-state index is -3.67. The minimum absolute atomic E-state index is 0.102. The van der Waals surface area contributed by atoms with Crippen molar-refractivity contribution in [2.45, 2.75) is 32.1 Å². The van der Waals surface area contributed by atoms with Crippen LogP contribution in [0, 0.1) is 5.92 Å². The molecular weight excluding hydrogens is 376 g/mol. The van der Waals surface area contributed by atoms with Gasteiger partial charge < -0.3 is 10.1 Å². The van der Waals surface area contributed by atoms with E-state index in [1.54, 1.807) is 43.3 Å². The lowest BCUT2D eigenvalue weighted by Gasteiger charge is -2.23. The third-order valence-corrected chi connectivity index (χ3v) is 6.07. The number of hydrogen-bond acceptors (Lipinski definition) is 4. The fourth-order valence-electron chi connectivity index (χ4n) is 2.62. The van der Waals surface area contributed by atoms with E-state index < -0.39 is 10.0 Å². The first-order valence-corrected chi connectivity index (χ1v) is 10.9. The summed E-state index contributed by atoms with van der Waals surface area (Å²) in [4.78, 5) is 11.9. The fourth-order valence-corrected chi connectivity index (χ4v) is 4.09. The smallest absolute Gasteiger partial charge is 0.264 e. The summed E-state index contributed by atoms with van der Waals surface area (Å²) >= 11 is 0. The minimum Gasteiger partial charge on any atom is -0.484 e. The third-order valence-electron chi connectivity index (χ3n) is 4.16. The number of ether oxygens (including phenoxy) is 1. The summed E-state index contributed by atoms with van der Waals surface area (Å²) in [6, 6.07) is 15.1. The Bertz CT molecular complexity index is 850. The van der Waals surface area contributed by atoms with Gasteiger partial charge in [-0.1, -0.05) is 32.0 Å². The zero-order valence-corrected chi connectivity index (χ0v) is 17.4. The Labute approximate surface area is 167 Å². The third kappa shape index (κ3) is 5.99. The van der Waals surface area contributed by atoms with Gasteiger partial charge in [-0.3, -0.25) is 9.10 Å². The van der Waals surface area contributed by atoms with Crippen LogP contribution in [0.5, 0.6) is 5.75 Å². The molecule has 28 heavy (non-hydrogen) atoms. The molecule has 0 aliphatic heterocycles. The lowest BCUT2D eigenvalue weighted by atomic mass is 10.1. The molecule has 0 bridgehead atoms. The quantitative estimate of drug-likeness (QED) is 0.658. The number of carbonyl (C=O) groups excluding carboxylic acids is 1. The van der Waals surface area contributed by atoms with Crippen molar-refractivity contribution in [2.24, 2.45) is 5.92 Å². The molecule has 0 radical (unpaired) electrons. The Morgan fingerprint density at radius 2 is 1.71 bits per heavy atom. The molecule has 0 spiro atoms. The van der Waals surface area contributed by atoms with Crippen LogP contribution in [-0.4, -0.2) is 34.0 Å². The lowest BCUT2D eigenvalue weighted by Crippen LogP contribution is -2.31. The van der Waals surface area contributed by atoms with Gasteiger partial charge in [0.2, 0.25) is 0 Å². The highest BCUT2D eigenvalue weighted by Crippen LogP contribution is 2.24. The number of nitrogens with one attached hydrogen (secondary N) is 1. The molecule has 7 heteroatoms. The van der Waals surface area contributed by atoms with Gasteiger partial charge in [0, 0.05) is 13.1 Å². The lowest BCUT2D eigenvalue weighted by molar-refractivity contribution is -0.123. The van der Waals surface area contributed by atoms with Crippen molar-refractivity contribution in [1.29, 1.82) is 0 Å². The van der Waals surface area contributed by atoms with Crippen molar-refractivity contribution in [1.82, 2.24) is 5.32 Å². The molecule has 2 aromatic rings. The second-order valence-corrected chi connectivity index (χ2v) is 8.66.